The molecule has 0 bridgehead atoms. The number of ether oxygens (including phenoxy) is 1. The highest BCUT2D eigenvalue weighted by Gasteiger charge is 2.27. The zero-order chi connectivity index (χ0) is 25.7. The second-order valence-electron chi connectivity index (χ2n) is 8.97. The lowest BCUT2D eigenvalue weighted by atomic mass is 9.99. The molecule has 36 heavy (non-hydrogen) atoms. The Morgan fingerprint density at radius 3 is 2.58 bits per heavy atom. The first-order chi connectivity index (χ1) is 17.3. The van der Waals surface area contributed by atoms with Crippen LogP contribution in [0.5, 0.6) is 5.75 Å². The van der Waals surface area contributed by atoms with E-state index >= 15 is 0 Å². The number of aliphatic hydroxyl groups excluding tert-OH is 1. The Morgan fingerprint density at radius 1 is 1.08 bits per heavy atom. The molecular formula is C28H29ClF2N2O3. The lowest BCUT2D eigenvalue weighted by Crippen LogP contribution is -2.48. The predicted octanol–water partition coefficient (Wildman–Crippen LogP) is 4.61. The number of carbonyl (C=O) groups excluding carboxylic acids is 1. The smallest absolute Gasteiger partial charge is 0.255 e. The number of hydrogen-bond acceptors (Lipinski definition) is 4. The molecule has 8 heteroatoms. The fourth-order valence-electron chi connectivity index (χ4n) is 4.42. The summed E-state index contributed by atoms with van der Waals surface area (Å²) in [5, 5.41) is 17.5. The number of aliphatic hydroxyl groups is 1. The number of fused-ring (bicyclic) bond motifs is 1. The van der Waals surface area contributed by atoms with Crippen LogP contribution >= 0.6 is 11.6 Å². The largest absolute Gasteiger partial charge is 0.492 e. The van der Waals surface area contributed by atoms with Gasteiger partial charge in [0.1, 0.15) is 17.4 Å². The van der Waals surface area contributed by atoms with Crippen LogP contribution in [0.3, 0.4) is 0 Å². The van der Waals surface area contributed by atoms with Crippen LogP contribution in [0.1, 0.15) is 39.5 Å². The summed E-state index contributed by atoms with van der Waals surface area (Å²) in [5.41, 5.74) is 3.71. The highest BCUT2D eigenvalue weighted by Crippen LogP contribution is 2.33. The molecule has 0 saturated carbocycles. The lowest BCUT2D eigenvalue weighted by Gasteiger charge is -2.25. The van der Waals surface area contributed by atoms with E-state index in [0.717, 1.165) is 23.6 Å². The van der Waals surface area contributed by atoms with Crippen molar-refractivity contribution in [3.8, 4) is 5.75 Å². The van der Waals surface area contributed by atoms with Gasteiger partial charge in [0.05, 0.1) is 24.3 Å². The summed E-state index contributed by atoms with van der Waals surface area (Å²) >= 11 is 6.21. The van der Waals surface area contributed by atoms with Crippen molar-refractivity contribution in [1.82, 2.24) is 10.6 Å². The molecule has 1 heterocycles. The van der Waals surface area contributed by atoms with Crippen LogP contribution in [0.4, 0.5) is 8.78 Å². The third-order valence-corrected chi connectivity index (χ3v) is 6.45. The second-order valence-corrected chi connectivity index (χ2v) is 9.41. The highest BCUT2D eigenvalue weighted by molar-refractivity contribution is 6.31. The van der Waals surface area contributed by atoms with E-state index in [9.17, 15) is 18.7 Å². The van der Waals surface area contributed by atoms with Gasteiger partial charge < -0.3 is 20.5 Å². The molecule has 1 aliphatic heterocycles. The molecule has 3 aromatic rings. The molecule has 0 spiro atoms. The Balaban J connectivity index is 1.50. The van der Waals surface area contributed by atoms with Gasteiger partial charge in [0, 0.05) is 30.6 Å². The van der Waals surface area contributed by atoms with Crippen molar-refractivity contribution in [3.63, 3.8) is 0 Å². The van der Waals surface area contributed by atoms with Crippen molar-refractivity contribution >= 4 is 17.5 Å². The van der Waals surface area contributed by atoms with Crippen molar-refractivity contribution in [2.45, 2.75) is 44.9 Å². The summed E-state index contributed by atoms with van der Waals surface area (Å²) in [6.45, 7) is 3.21. The molecule has 0 unspecified atom stereocenters. The number of carbonyl (C=O) groups is 1. The van der Waals surface area contributed by atoms with E-state index in [1.54, 1.807) is 6.07 Å². The predicted molar refractivity (Wildman–Crippen MR) is 136 cm³/mol. The molecule has 4 rings (SSSR count). The van der Waals surface area contributed by atoms with Gasteiger partial charge in [0.2, 0.25) is 0 Å². The molecule has 0 radical (unpaired) electrons. The van der Waals surface area contributed by atoms with Crippen LogP contribution in [-0.4, -0.2) is 36.3 Å². The average Bonchev–Trinajstić information content (AvgIpc) is 3.31. The van der Waals surface area contributed by atoms with Gasteiger partial charge in [-0.2, -0.15) is 0 Å². The molecule has 0 fully saturated rings. The van der Waals surface area contributed by atoms with Crippen molar-refractivity contribution < 1.29 is 23.4 Å². The van der Waals surface area contributed by atoms with E-state index < -0.39 is 29.7 Å². The minimum atomic E-state index is -1.04. The number of hydrogen-bond donors (Lipinski definition) is 3. The van der Waals surface area contributed by atoms with Gasteiger partial charge in [-0.15, -0.1) is 0 Å². The van der Waals surface area contributed by atoms with E-state index in [1.165, 1.54) is 23.8 Å². The third-order valence-electron chi connectivity index (χ3n) is 6.23. The maximum absolute atomic E-state index is 13.8. The molecule has 0 saturated heterocycles. The Hall–Kier alpha value is -3.00. The molecule has 2 atom stereocenters. The highest BCUT2D eigenvalue weighted by atomic mass is 35.5. The summed E-state index contributed by atoms with van der Waals surface area (Å²) in [6.07, 6.45) is 0.556. The van der Waals surface area contributed by atoms with Crippen molar-refractivity contribution in [3.05, 3.63) is 99.1 Å². The number of halogens is 3. The van der Waals surface area contributed by atoms with Gasteiger partial charge in [-0.05, 0) is 59.4 Å². The van der Waals surface area contributed by atoms with E-state index in [-0.39, 0.29) is 18.5 Å². The van der Waals surface area contributed by atoms with E-state index in [1.807, 2.05) is 12.1 Å². The first kappa shape index (κ1) is 26.1. The maximum Gasteiger partial charge on any atom is 0.255 e. The summed E-state index contributed by atoms with van der Waals surface area (Å²) in [7, 11) is 0. The average molecular weight is 515 g/mol. The third kappa shape index (κ3) is 6.60. The van der Waals surface area contributed by atoms with Crippen molar-refractivity contribution in [1.29, 1.82) is 0 Å². The van der Waals surface area contributed by atoms with Gasteiger partial charge in [-0.3, -0.25) is 4.79 Å². The number of benzene rings is 3. The monoisotopic (exact) mass is 514 g/mol. The Labute approximate surface area is 214 Å². The standard InChI is InChI=1S/C28H29ClF2N2O3/c1-2-17-4-3-5-18(8-17)15-32-16-26(34)25(11-19-9-22(30)14-23(31)10-19)33-28(35)24-13-21(29)12-20-6-7-36-27(20)24/h3-5,8-10,12-14,25-26,32,34H,2,6-7,11,15-16H2,1H3,(H,33,35)/t25-,26-/m0/s1. The first-order valence-corrected chi connectivity index (χ1v) is 12.4. The van der Waals surface area contributed by atoms with Crippen LogP contribution in [-0.2, 0) is 25.8 Å². The van der Waals surface area contributed by atoms with Crippen LogP contribution in [0, 0.1) is 11.6 Å². The van der Waals surface area contributed by atoms with Crippen molar-refractivity contribution in [2.24, 2.45) is 0 Å². The van der Waals surface area contributed by atoms with Gasteiger partial charge in [0.15, 0.2) is 0 Å². The molecule has 5 nitrogen and oxygen atoms in total. The fourth-order valence-corrected chi connectivity index (χ4v) is 4.66. The van der Waals surface area contributed by atoms with Gasteiger partial charge in [-0.25, -0.2) is 8.78 Å². The maximum atomic E-state index is 13.8. The molecule has 3 aromatic carbocycles. The topological polar surface area (TPSA) is 70.6 Å². The first-order valence-electron chi connectivity index (χ1n) is 12.0. The SMILES string of the molecule is CCc1cccc(CNC[C@H](O)[C@H](Cc2cc(F)cc(F)c2)NC(=O)c2cc(Cl)cc3c2OCC3)c1. The molecule has 3 N–H and O–H groups in total. The number of rotatable bonds is 10. The zero-order valence-electron chi connectivity index (χ0n) is 20.0. The van der Waals surface area contributed by atoms with Crippen molar-refractivity contribution in [2.75, 3.05) is 13.2 Å². The molecule has 190 valence electrons. The second kappa shape index (κ2) is 11.8. The van der Waals surface area contributed by atoms with Gasteiger partial charge in [-0.1, -0.05) is 42.8 Å². The summed E-state index contributed by atoms with van der Waals surface area (Å²) in [4.78, 5) is 13.2. The molecule has 1 aliphatic rings. The molecule has 0 aromatic heterocycles. The van der Waals surface area contributed by atoms with E-state index in [2.05, 4.69) is 29.7 Å². The summed E-state index contributed by atoms with van der Waals surface area (Å²) in [6, 6.07) is 13.7. The normalized spacial score (nSPS) is 14.1. The van der Waals surface area contributed by atoms with E-state index in [0.29, 0.717) is 35.9 Å². The Bertz CT molecular complexity index is 1220. The summed E-state index contributed by atoms with van der Waals surface area (Å²) in [5.74, 6) is -1.46. The minimum Gasteiger partial charge on any atom is -0.492 e. The minimum absolute atomic E-state index is 0.0260. The quantitative estimate of drug-likeness (QED) is 0.369. The number of aryl methyl sites for hydroxylation is 1. The number of nitrogens with one attached hydrogen (secondary N) is 2. The summed E-state index contributed by atoms with van der Waals surface area (Å²) < 4.78 is 33.3. The van der Waals surface area contributed by atoms with Gasteiger partial charge in [0.25, 0.3) is 5.91 Å². The fraction of sp³-hybridized carbons (Fsp3) is 0.321. The van der Waals surface area contributed by atoms with E-state index in [4.69, 9.17) is 16.3 Å². The molecule has 0 aliphatic carbocycles. The van der Waals surface area contributed by atoms with Crippen LogP contribution in [0.2, 0.25) is 5.02 Å². The number of amides is 1. The Kier molecular flexibility index (Phi) is 8.56. The zero-order valence-corrected chi connectivity index (χ0v) is 20.7. The molecular weight excluding hydrogens is 486 g/mol. The van der Waals surface area contributed by atoms with Crippen LogP contribution < -0.4 is 15.4 Å². The molecule has 1 amide bonds. The van der Waals surface area contributed by atoms with Crippen LogP contribution in [0.25, 0.3) is 0 Å². The van der Waals surface area contributed by atoms with Gasteiger partial charge >= 0.3 is 0 Å². The lowest BCUT2D eigenvalue weighted by molar-refractivity contribution is 0.0827. The van der Waals surface area contributed by atoms with Crippen LogP contribution in [0.15, 0.2) is 54.6 Å². The Morgan fingerprint density at radius 2 is 1.83 bits per heavy atom.